The number of carbonyl (C=O) groups is 4. The van der Waals surface area contributed by atoms with Crippen molar-refractivity contribution in [3.8, 4) is 0 Å². The molecule has 0 aromatic heterocycles. The third-order valence-corrected chi connectivity index (χ3v) is 13.1. The number of nitrogens with zero attached hydrogens (tertiary/aromatic N) is 5. The quantitative estimate of drug-likeness (QED) is 0.244. The normalized spacial score (nSPS) is 25.9. The maximum Gasteiger partial charge on any atom is 0.262 e. The summed E-state index contributed by atoms with van der Waals surface area (Å²) in [6.45, 7) is 10.5. The fourth-order valence-electron chi connectivity index (χ4n) is 10.4. The molecular formula is C42H55N9O5. The number of carbonyl (C=O) groups excluding carboxylic acids is 4. The highest BCUT2D eigenvalue weighted by atomic mass is 16.2. The van der Waals surface area contributed by atoms with Crippen LogP contribution in [0.4, 0.5) is 5.69 Å². The summed E-state index contributed by atoms with van der Waals surface area (Å²) < 4.78 is 0. The van der Waals surface area contributed by atoms with Gasteiger partial charge >= 0.3 is 0 Å². The number of piperazine rings is 1. The van der Waals surface area contributed by atoms with Crippen LogP contribution in [-0.2, 0) is 9.59 Å². The Hall–Kier alpha value is -4.92. The molecule has 6 aliphatic heterocycles. The Balaban J connectivity index is 0.00000217. The van der Waals surface area contributed by atoms with Gasteiger partial charge in [-0.05, 0) is 79.2 Å². The molecule has 298 valence electrons. The van der Waals surface area contributed by atoms with Gasteiger partial charge in [-0.15, -0.1) is 0 Å². The molecule has 2 aromatic rings. The van der Waals surface area contributed by atoms with Gasteiger partial charge in [-0.3, -0.25) is 34.3 Å². The van der Waals surface area contributed by atoms with Gasteiger partial charge in [0.15, 0.2) is 0 Å². The molecule has 7 N–H and O–H groups in total. The third-order valence-electron chi connectivity index (χ3n) is 13.1. The lowest BCUT2D eigenvalue weighted by molar-refractivity contribution is -0.136. The molecule has 1 spiro atoms. The monoisotopic (exact) mass is 765 g/mol. The van der Waals surface area contributed by atoms with Crippen LogP contribution in [0, 0.1) is 17.3 Å². The Morgan fingerprint density at radius 1 is 0.875 bits per heavy atom. The van der Waals surface area contributed by atoms with Crippen LogP contribution in [-0.4, -0.2) is 133 Å². The number of benzene rings is 2. The number of nitrogens with one attached hydrogen (secondary N) is 2. The molecule has 9 rings (SSSR count). The molecule has 2 unspecified atom stereocenters. The minimum atomic E-state index is -0.946. The Morgan fingerprint density at radius 3 is 2.32 bits per heavy atom. The number of hydrogen-bond acceptors (Lipinski definition) is 12. The van der Waals surface area contributed by atoms with E-state index in [0.29, 0.717) is 34.3 Å². The topological polar surface area (TPSA) is 181 Å². The zero-order valence-electron chi connectivity index (χ0n) is 32.3. The van der Waals surface area contributed by atoms with Crippen molar-refractivity contribution in [1.29, 1.82) is 0 Å². The molecule has 1 aliphatic carbocycles. The van der Waals surface area contributed by atoms with Gasteiger partial charge in [0.25, 0.3) is 11.8 Å². The second-order valence-electron chi connectivity index (χ2n) is 16.8. The summed E-state index contributed by atoms with van der Waals surface area (Å²) in [5, 5.41) is 12.7. The molecule has 4 amide bonds. The van der Waals surface area contributed by atoms with Crippen molar-refractivity contribution in [2.75, 3.05) is 77.5 Å². The molecule has 14 nitrogen and oxygen atoms in total. The highest BCUT2D eigenvalue weighted by Gasteiger charge is 2.52. The molecule has 7 aliphatic rings. The zero-order valence-corrected chi connectivity index (χ0v) is 32.3. The molecule has 2 atom stereocenters. The van der Waals surface area contributed by atoms with E-state index in [1.807, 2.05) is 48.5 Å². The maximum absolute atomic E-state index is 13.3. The molecule has 6 heterocycles. The summed E-state index contributed by atoms with van der Waals surface area (Å²) in [5.74, 6) is 0.261. The minimum Gasteiger partial charge on any atom is -0.400 e. The van der Waals surface area contributed by atoms with Gasteiger partial charge in [-0.1, -0.05) is 30.3 Å². The summed E-state index contributed by atoms with van der Waals surface area (Å²) in [7, 11) is 1.00. The predicted molar refractivity (Wildman–Crippen MR) is 213 cm³/mol. The Morgan fingerprint density at radius 2 is 1.59 bits per heavy atom. The number of aliphatic hydroxyl groups excluding tert-OH is 1. The number of allylic oxidation sites excluding steroid dienone is 1. The van der Waals surface area contributed by atoms with Crippen LogP contribution in [0.3, 0.4) is 0 Å². The second-order valence-corrected chi connectivity index (χ2v) is 16.8. The Labute approximate surface area is 328 Å². The third kappa shape index (κ3) is 7.25. The lowest BCUT2D eigenvalue weighted by Gasteiger charge is -2.61. The molecule has 2 aromatic carbocycles. The van der Waals surface area contributed by atoms with Gasteiger partial charge < -0.3 is 36.6 Å². The standard InChI is InChI=1S/C41H51N9O4.CH4O/c42-33(28-4-2-1-3-5-28)17-35-37(43)44-20-30-23-46(14-15-49(30)35)22-27-18-41(19-27)24-47(25-41)21-26-10-12-48(13-11-26)29-6-7-31-32(16-29)40(54)50(39(31)53)34-8-9-36(51)45-38(34)52;1-2/h1-7,16-17,26-27,30,34,44H,8-15,18-25,42-43H2,(H,45,51,52);2H,1H3/b33-17-;. The number of hydrogen-bond donors (Lipinski definition) is 5. The highest BCUT2D eigenvalue weighted by molar-refractivity contribution is 6.23. The van der Waals surface area contributed by atoms with Crippen molar-refractivity contribution in [1.82, 2.24) is 30.2 Å². The number of fused-ring (bicyclic) bond motifs is 2. The number of piperidine rings is 2. The first kappa shape index (κ1) is 38.0. The largest absolute Gasteiger partial charge is 0.400 e. The molecular weight excluding hydrogens is 711 g/mol. The number of nitrogens with two attached hydrogens (primary N) is 2. The summed E-state index contributed by atoms with van der Waals surface area (Å²) in [5.41, 5.74) is 17.8. The summed E-state index contributed by atoms with van der Waals surface area (Å²) in [4.78, 5) is 61.6. The van der Waals surface area contributed by atoms with E-state index in [4.69, 9.17) is 16.6 Å². The number of aliphatic hydroxyl groups is 1. The van der Waals surface area contributed by atoms with E-state index >= 15 is 0 Å². The number of anilines is 1. The second kappa shape index (κ2) is 15.5. The summed E-state index contributed by atoms with van der Waals surface area (Å²) >= 11 is 0. The first-order chi connectivity index (χ1) is 27.1. The summed E-state index contributed by atoms with van der Waals surface area (Å²) in [6, 6.07) is 14.9. The van der Waals surface area contributed by atoms with Crippen LogP contribution in [0.5, 0.6) is 0 Å². The van der Waals surface area contributed by atoms with E-state index < -0.39 is 23.8 Å². The SMILES string of the molecule is CO.NC1=C(/C=C(\N)c2ccccc2)N2CCN(CC3CC4(C3)CN(CC3CCN(c5ccc6c(c5)C(=O)N(C5CCC(=O)NC5=O)C6=O)CC3)C4)CC2CN1. The number of rotatable bonds is 8. The smallest absolute Gasteiger partial charge is 0.262 e. The first-order valence-corrected chi connectivity index (χ1v) is 20.2. The highest BCUT2D eigenvalue weighted by Crippen LogP contribution is 2.52. The Bertz CT molecular complexity index is 1910. The fraction of sp³-hybridized carbons (Fsp3) is 0.524. The van der Waals surface area contributed by atoms with E-state index in [1.54, 1.807) is 6.07 Å². The lowest BCUT2D eigenvalue weighted by atomic mass is 9.57. The van der Waals surface area contributed by atoms with Crippen molar-refractivity contribution in [3.63, 3.8) is 0 Å². The van der Waals surface area contributed by atoms with Crippen LogP contribution in [0.25, 0.3) is 5.70 Å². The number of amides is 4. The minimum absolute atomic E-state index is 0.112. The average Bonchev–Trinajstić information content (AvgIpc) is 3.43. The van der Waals surface area contributed by atoms with Crippen LogP contribution in [0.15, 0.2) is 66.1 Å². The van der Waals surface area contributed by atoms with Crippen LogP contribution < -0.4 is 27.0 Å². The van der Waals surface area contributed by atoms with Gasteiger partial charge in [0.1, 0.15) is 11.9 Å². The molecule has 56 heavy (non-hydrogen) atoms. The first-order valence-electron chi connectivity index (χ1n) is 20.2. The maximum atomic E-state index is 13.3. The van der Waals surface area contributed by atoms with E-state index in [2.05, 4.69) is 30.2 Å². The van der Waals surface area contributed by atoms with Crippen molar-refractivity contribution < 1.29 is 24.3 Å². The van der Waals surface area contributed by atoms with E-state index in [0.717, 1.165) is 99.2 Å². The van der Waals surface area contributed by atoms with Gasteiger partial charge in [-0.2, -0.15) is 0 Å². The average molecular weight is 766 g/mol. The van der Waals surface area contributed by atoms with Crippen molar-refractivity contribution in [2.45, 2.75) is 50.6 Å². The predicted octanol–water partition coefficient (Wildman–Crippen LogP) is 1.34. The van der Waals surface area contributed by atoms with E-state index in [-0.39, 0.29) is 18.7 Å². The molecule has 4 saturated heterocycles. The van der Waals surface area contributed by atoms with Crippen LogP contribution in [0.1, 0.15) is 64.8 Å². The van der Waals surface area contributed by atoms with Gasteiger partial charge in [-0.25, -0.2) is 0 Å². The van der Waals surface area contributed by atoms with E-state index in [9.17, 15) is 19.2 Å². The van der Waals surface area contributed by atoms with Crippen molar-refractivity contribution in [2.24, 2.45) is 28.7 Å². The van der Waals surface area contributed by atoms with Gasteiger partial charge in [0.2, 0.25) is 11.8 Å². The molecule has 14 heteroatoms. The van der Waals surface area contributed by atoms with Crippen molar-refractivity contribution in [3.05, 3.63) is 82.8 Å². The summed E-state index contributed by atoms with van der Waals surface area (Å²) in [6.07, 6.45) is 7.16. The fourth-order valence-corrected chi connectivity index (χ4v) is 10.4. The number of likely N-dealkylation sites (tertiary alicyclic amines) is 1. The Kier molecular flexibility index (Phi) is 10.5. The van der Waals surface area contributed by atoms with E-state index in [1.165, 1.54) is 32.5 Å². The van der Waals surface area contributed by atoms with Crippen LogP contribution in [0.2, 0.25) is 0 Å². The van der Waals surface area contributed by atoms with Gasteiger partial charge in [0.05, 0.1) is 22.9 Å². The van der Waals surface area contributed by atoms with Gasteiger partial charge in [0, 0.05) is 90.4 Å². The molecule has 0 bridgehead atoms. The molecule has 1 saturated carbocycles. The molecule has 5 fully saturated rings. The van der Waals surface area contributed by atoms with Crippen LogP contribution >= 0.6 is 0 Å². The molecule has 0 radical (unpaired) electrons. The lowest BCUT2D eigenvalue weighted by Crippen LogP contribution is -2.65. The van der Waals surface area contributed by atoms with Crippen molar-refractivity contribution >= 4 is 35.0 Å². The zero-order chi connectivity index (χ0) is 39.1. The number of imide groups is 2.